The summed E-state index contributed by atoms with van der Waals surface area (Å²) in [5.74, 6) is 1.27. The largest absolute Gasteiger partial charge is 0.303 e. The van der Waals surface area contributed by atoms with Crippen LogP contribution in [0.5, 0.6) is 0 Å². The van der Waals surface area contributed by atoms with Crippen molar-refractivity contribution < 1.29 is 4.79 Å². The van der Waals surface area contributed by atoms with Gasteiger partial charge in [-0.05, 0) is 55.8 Å². The van der Waals surface area contributed by atoms with Gasteiger partial charge in [-0.1, -0.05) is 44.9 Å². The van der Waals surface area contributed by atoms with E-state index in [9.17, 15) is 4.79 Å². The molecule has 0 amide bonds. The molecule has 0 heterocycles. The summed E-state index contributed by atoms with van der Waals surface area (Å²) in [6.07, 6.45) is 14.4. The Bertz CT molecular complexity index is 490. The molecule has 2 saturated carbocycles. The number of hydrogen-bond acceptors (Lipinski definition) is 1. The highest BCUT2D eigenvalue weighted by molar-refractivity contribution is 5.60. The topological polar surface area (TPSA) is 17.1 Å². The standard InChI is InChI=1S/C20H30O/c1-5-18(2)12-9-16-15(13-18)7-8-17-19(3,14-21)10-6-11-20(16,17)4/h5,13-14,16-17H,1,6-12H2,2-4H3/t16-,17+,18-,19-,20+/m1/s1. The lowest BCUT2D eigenvalue weighted by molar-refractivity contribution is -0.131. The van der Waals surface area contributed by atoms with Crippen molar-refractivity contribution in [3.63, 3.8) is 0 Å². The smallest absolute Gasteiger partial charge is 0.126 e. The third kappa shape index (κ3) is 2.15. The molecule has 0 bridgehead atoms. The molecule has 0 radical (unpaired) electrons. The van der Waals surface area contributed by atoms with Crippen molar-refractivity contribution in [3.05, 3.63) is 24.3 Å². The van der Waals surface area contributed by atoms with Gasteiger partial charge >= 0.3 is 0 Å². The predicted molar refractivity (Wildman–Crippen MR) is 88.0 cm³/mol. The first-order valence-electron chi connectivity index (χ1n) is 8.68. The molecule has 3 aliphatic rings. The molecule has 0 saturated heterocycles. The lowest BCUT2D eigenvalue weighted by Crippen LogP contribution is -2.52. The van der Waals surface area contributed by atoms with Gasteiger partial charge in [-0.15, -0.1) is 6.58 Å². The minimum absolute atomic E-state index is 0.0856. The Kier molecular flexibility index (Phi) is 3.46. The van der Waals surface area contributed by atoms with E-state index in [0.29, 0.717) is 17.3 Å². The molecule has 1 heteroatoms. The van der Waals surface area contributed by atoms with E-state index in [1.807, 2.05) is 0 Å². The molecule has 2 fully saturated rings. The number of fused-ring (bicyclic) bond motifs is 3. The fraction of sp³-hybridized carbons (Fsp3) is 0.750. The molecule has 0 aromatic carbocycles. The van der Waals surface area contributed by atoms with Crippen LogP contribution in [0.2, 0.25) is 0 Å². The molecule has 5 atom stereocenters. The van der Waals surface area contributed by atoms with E-state index < -0.39 is 0 Å². The first-order valence-corrected chi connectivity index (χ1v) is 8.68. The van der Waals surface area contributed by atoms with Gasteiger partial charge in [0, 0.05) is 10.8 Å². The maximum absolute atomic E-state index is 11.8. The second-order valence-electron chi connectivity index (χ2n) is 8.59. The zero-order chi connectivity index (χ0) is 15.3. The van der Waals surface area contributed by atoms with E-state index in [-0.39, 0.29) is 10.8 Å². The molecule has 21 heavy (non-hydrogen) atoms. The fourth-order valence-electron chi connectivity index (χ4n) is 5.88. The van der Waals surface area contributed by atoms with E-state index in [1.54, 1.807) is 5.57 Å². The van der Waals surface area contributed by atoms with Crippen LogP contribution in [0.15, 0.2) is 24.3 Å². The third-order valence-corrected chi connectivity index (χ3v) is 7.21. The van der Waals surface area contributed by atoms with E-state index in [0.717, 1.165) is 6.42 Å². The number of carbonyl (C=O) groups is 1. The fourth-order valence-corrected chi connectivity index (χ4v) is 5.88. The Balaban J connectivity index is 1.98. The summed E-state index contributed by atoms with van der Waals surface area (Å²) in [7, 11) is 0. The van der Waals surface area contributed by atoms with E-state index in [2.05, 4.69) is 39.5 Å². The van der Waals surface area contributed by atoms with Crippen LogP contribution in [0.3, 0.4) is 0 Å². The Hall–Kier alpha value is -0.850. The first kappa shape index (κ1) is 15.1. The number of aldehydes is 1. The summed E-state index contributed by atoms with van der Waals surface area (Å²) in [4.78, 5) is 11.8. The molecule has 0 unspecified atom stereocenters. The van der Waals surface area contributed by atoms with Crippen molar-refractivity contribution in [1.29, 1.82) is 0 Å². The molecule has 0 N–H and O–H groups in total. The number of rotatable bonds is 2. The quantitative estimate of drug-likeness (QED) is 0.496. The van der Waals surface area contributed by atoms with Gasteiger partial charge in [-0.25, -0.2) is 0 Å². The summed E-state index contributed by atoms with van der Waals surface area (Å²) in [6, 6.07) is 0. The summed E-state index contributed by atoms with van der Waals surface area (Å²) in [6.45, 7) is 11.0. The van der Waals surface area contributed by atoms with Gasteiger partial charge in [0.05, 0.1) is 0 Å². The Morgan fingerprint density at radius 1 is 1.19 bits per heavy atom. The van der Waals surface area contributed by atoms with Crippen molar-refractivity contribution >= 4 is 6.29 Å². The van der Waals surface area contributed by atoms with Gasteiger partial charge in [0.25, 0.3) is 0 Å². The van der Waals surface area contributed by atoms with E-state index >= 15 is 0 Å². The maximum Gasteiger partial charge on any atom is 0.126 e. The van der Waals surface area contributed by atoms with Crippen LogP contribution in [0.1, 0.15) is 65.7 Å². The van der Waals surface area contributed by atoms with Gasteiger partial charge in [0.1, 0.15) is 6.29 Å². The van der Waals surface area contributed by atoms with Crippen LogP contribution in [0.25, 0.3) is 0 Å². The van der Waals surface area contributed by atoms with Crippen molar-refractivity contribution in [1.82, 2.24) is 0 Å². The van der Waals surface area contributed by atoms with Gasteiger partial charge in [-0.2, -0.15) is 0 Å². The number of hydrogen-bond donors (Lipinski definition) is 0. The molecule has 0 aromatic heterocycles. The molecule has 0 spiro atoms. The van der Waals surface area contributed by atoms with Crippen LogP contribution >= 0.6 is 0 Å². The lowest BCUT2D eigenvalue weighted by atomic mass is 9.45. The minimum Gasteiger partial charge on any atom is -0.303 e. The molecule has 0 aromatic rings. The number of allylic oxidation sites excluding steroid dienone is 3. The zero-order valence-electron chi connectivity index (χ0n) is 14.0. The summed E-state index contributed by atoms with van der Waals surface area (Å²) >= 11 is 0. The van der Waals surface area contributed by atoms with Crippen molar-refractivity contribution in [2.75, 3.05) is 0 Å². The van der Waals surface area contributed by atoms with Gasteiger partial charge in [0.2, 0.25) is 0 Å². The maximum atomic E-state index is 11.8. The Labute approximate surface area is 129 Å². The van der Waals surface area contributed by atoms with E-state index in [1.165, 1.54) is 44.8 Å². The molecule has 3 aliphatic carbocycles. The van der Waals surface area contributed by atoms with Crippen LogP contribution < -0.4 is 0 Å². The van der Waals surface area contributed by atoms with Gasteiger partial charge < -0.3 is 4.79 Å². The molecular weight excluding hydrogens is 256 g/mol. The third-order valence-electron chi connectivity index (χ3n) is 7.21. The van der Waals surface area contributed by atoms with Crippen molar-refractivity contribution in [2.24, 2.45) is 28.1 Å². The minimum atomic E-state index is -0.0856. The molecule has 116 valence electrons. The molecule has 3 rings (SSSR count). The lowest BCUT2D eigenvalue weighted by Gasteiger charge is -2.59. The Morgan fingerprint density at radius 3 is 2.62 bits per heavy atom. The predicted octanol–water partition coefficient (Wildman–Crippen LogP) is 5.32. The van der Waals surface area contributed by atoms with Crippen LogP contribution in [-0.2, 0) is 4.79 Å². The number of carbonyl (C=O) groups excluding carboxylic acids is 1. The summed E-state index contributed by atoms with van der Waals surface area (Å²) in [5.41, 5.74) is 2.10. The van der Waals surface area contributed by atoms with Crippen LogP contribution in [0.4, 0.5) is 0 Å². The monoisotopic (exact) mass is 286 g/mol. The second kappa shape index (κ2) is 4.83. The molecule has 1 nitrogen and oxygen atoms in total. The summed E-state index contributed by atoms with van der Waals surface area (Å²) < 4.78 is 0. The highest BCUT2D eigenvalue weighted by Crippen LogP contribution is 2.63. The highest BCUT2D eigenvalue weighted by Gasteiger charge is 2.55. The average Bonchev–Trinajstić information content (AvgIpc) is 2.46. The van der Waals surface area contributed by atoms with Crippen LogP contribution in [-0.4, -0.2) is 6.29 Å². The SMILES string of the molecule is C=C[C@@]1(C)C=C2CC[C@@H]3[C@@](C)(CCC[C@]3(C)C=O)[C@@H]2CC1. The van der Waals surface area contributed by atoms with Gasteiger partial charge in [0.15, 0.2) is 0 Å². The first-order chi connectivity index (χ1) is 9.87. The molecule has 0 aliphatic heterocycles. The second-order valence-corrected chi connectivity index (χ2v) is 8.59. The Morgan fingerprint density at radius 2 is 1.95 bits per heavy atom. The average molecular weight is 286 g/mol. The van der Waals surface area contributed by atoms with Crippen molar-refractivity contribution in [3.8, 4) is 0 Å². The summed E-state index contributed by atoms with van der Waals surface area (Å²) in [5, 5.41) is 0. The zero-order valence-corrected chi connectivity index (χ0v) is 14.0. The van der Waals surface area contributed by atoms with Crippen LogP contribution in [0, 0.1) is 28.1 Å². The highest BCUT2D eigenvalue weighted by atomic mass is 16.1. The molecular formula is C20H30O. The normalized spacial score (nSPS) is 49.6. The van der Waals surface area contributed by atoms with Crippen molar-refractivity contribution in [2.45, 2.75) is 65.7 Å². The van der Waals surface area contributed by atoms with Gasteiger partial charge in [-0.3, -0.25) is 0 Å². The van der Waals surface area contributed by atoms with E-state index in [4.69, 9.17) is 0 Å².